The van der Waals surface area contributed by atoms with Gasteiger partial charge in [-0.15, -0.1) is 24.0 Å². The molecule has 3 fully saturated rings. The molecule has 3 heterocycles. The summed E-state index contributed by atoms with van der Waals surface area (Å²) in [6.45, 7) is 10.8. The molecular formula is C19H36IN5O. The number of likely N-dealkylation sites (tertiary alicyclic amines) is 2. The zero-order valence-electron chi connectivity index (χ0n) is 16.6. The van der Waals surface area contributed by atoms with Crippen LogP contribution in [0.2, 0.25) is 0 Å². The van der Waals surface area contributed by atoms with Crippen molar-refractivity contribution < 1.29 is 4.79 Å². The van der Waals surface area contributed by atoms with Crippen molar-refractivity contribution in [1.29, 1.82) is 0 Å². The lowest BCUT2D eigenvalue weighted by Gasteiger charge is -2.41. The van der Waals surface area contributed by atoms with Gasteiger partial charge in [-0.2, -0.15) is 0 Å². The average Bonchev–Trinajstić information content (AvgIpc) is 2.95. The molecule has 0 aromatic rings. The average molecular weight is 477 g/mol. The fraction of sp³-hybridized carbons (Fsp3) is 0.895. The number of carbonyl (C=O) groups is 1. The van der Waals surface area contributed by atoms with Gasteiger partial charge in [0.1, 0.15) is 0 Å². The lowest BCUT2D eigenvalue weighted by atomic mass is 9.79. The highest BCUT2D eigenvalue weighted by Crippen LogP contribution is 2.36. The van der Waals surface area contributed by atoms with E-state index in [1.54, 1.807) is 0 Å². The molecule has 2 atom stereocenters. The molecule has 0 radical (unpaired) electrons. The third-order valence-electron chi connectivity index (χ3n) is 6.20. The van der Waals surface area contributed by atoms with Crippen molar-refractivity contribution in [1.82, 2.24) is 20.4 Å². The lowest BCUT2D eigenvalue weighted by molar-refractivity contribution is -0.119. The van der Waals surface area contributed by atoms with E-state index in [-0.39, 0.29) is 35.3 Å². The van der Waals surface area contributed by atoms with Crippen LogP contribution >= 0.6 is 24.0 Å². The summed E-state index contributed by atoms with van der Waals surface area (Å²) in [5.41, 5.74) is 0.117. The van der Waals surface area contributed by atoms with E-state index in [1.165, 1.54) is 25.9 Å². The fourth-order valence-electron chi connectivity index (χ4n) is 4.73. The van der Waals surface area contributed by atoms with Crippen LogP contribution in [0.15, 0.2) is 4.99 Å². The predicted molar refractivity (Wildman–Crippen MR) is 117 cm³/mol. The summed E-state index contributed by atoms with van der Waals surface area (Å²) in [5, 5.41) is 6.66. The van der Waals surface area contributed by atoms with Crippen LogP contribution in [0, 0.1) is 11.3 Å². The second-order valence-electron chi connectivity index (χ2n) is 8.50. The minimum atomic E-state index is 0. The second kappa shape index (κ2) is 9.57. The number of nitrogens with zero attached hydrogens (tertiary/aromatic N) is 3. The van der Waals surface area contributed by atoms with Crippen molar-refractivity contribution in [2.24, 2.45) is 16.3 Å². The molecule has 6 nitrogen and oxygen atoms in total. The summed E-state index contributed by atoms with van der Waals surface area (Å²) in [7, 11) is 1.88. The van der Waals surface area contributed by atoms with Crippen LogP contribution < -0.4 is 10.6 Å². The summed E-state index contributed by atoms with van der Waals surface area (Å²) in [5.74, 6) is 1.92. The van der Waals surface area contributed by atoms with Gasteiger partial charge in [0.25, 0.3) is 0 Å². The molecule has 0 aromatic carbocycles. The third-order valence-corrected chi connectivity index (χ3v) is 6.20. The lowest BCUT2D eigenvalue weighted by Crippen LogP contribution is -2.52. The molecule has 0 aromatic heterocycles. The van der Waals surface area contributed by atoms with E-state index < -0.39 is 0 Å². The largest absolute Gasteiger partial charge is 0.356 e. The molecule has 0 bridgehead atoms. The zero-order valence-corrected chi connectivity index (χ0v) is 18.9. The Morgan fingerprint density at radius 3 is 2.85 bits per heavy atom. The molecule has 2 unspecified atom stereocenters. The second-order valence-corrected chi connectivity index (χ2v) is 8.50. The van der Waals surface area contributed by atoms with Crippen molar-refractivity contribution in [2.75, 3.05) is 46.3 Å². The normalized spacial score (nSPS) is 30.5. The van der Waals surface area contributed by atoms with Gasteiger partial charge in [0.05, 0.1) is 0 Å². The molecule has 3 saturated heterocycles. The van der Waals surface area contributed by atoms with Crippen LogP contribution in [-0.4, -0.2) is 74.0 Å². The molecule has 26 heavy (non-hydrogen) atoms. The Hall–Kier alpha value is -0.570. The molecule has 150 valence electrons. The van der Waals surface area contributed by atoms with Gasteiger partial charge in [-0.1, -0.05) is 0 Å². The van der Waals surface area contributed by atoms with Gasteiger partial charge in [-0.25, -0.2) is 0 Å². The number of carbonyl (C=O) groups excluding carboxylic acids is 1. The van der Waals surface area contributed by atoms with Crippen LogP contribution in [0.25, 0.3) is 0 Å². The first kappa shape index (κ1) is 21.7. The summed E-state index contributed by atoms with van der Waals surface area (Å²) in [6, 6.07) is 0.636. The minimum Gasteiger partial charge on any atom is -0.356 e. The summed E-state index contributed by atoms with van der Waals surface area (Å²) >= 11 is 0. The van der Waals surface area contributed by atoms with Gasteiger partial charge in [0.2, 0.25) is 5.91 Å². The molecule has 0 aliphatic carbocycles. The predicted octanol–water partition coefficient (Wildman–Crippen LogP) is 1.90. The Kier molecular flexibility index (Phi) is 8.00. The van der Waals surface area contributed by atoms with Crippen molar-refractivity contribution in [3.05, 3.63) is 0 Å². The van der Waals surface area contributed by atoms with Crippen LogP contribution in [0.4, 0.5) is 0 Å². The molecule has 1 amide bonds. The number of piperidine rings is 2. The maximum atomic E-state index is 11.7. The van der Waals surface area contributed by atoms with Gasteiger partial charge < -0.3 is 20.4 Å². The number of hydrogen-bond acceptors (Lipinski definition) is 3. The van der Waals surface area contributed by atoms with E-state index in [1.807, 2.05) is 7.05 Å². The highest BCUT2D eigenvalue weighted by atomic mass is 127. The van der Waals surface area contributed by atoms with Gasteiger partial charge in [-0.3, -0.25) is 9.79 Å². The minimum absolute atomic E-state index is 0. The van der Waals surface area contributed by atoms with Crippen molar-refractivity contribution >= 4 is 35.8 Å². The van der Waals surface area contributed by atoms with E-state index in [0.717, 1.165) is 45.0 Å². The smallest absolute Gasteiger partial charge is 0.220 e. The number of amides is 1. The Morgan fingerprint density at radius 2 is 2.19 bits per heavy atom. The summed E-state index contributed by atoms with van der Waals surface area (Å²) < 4.78 is 0. The Bertz CT molecular complexity index is 512. The molecule has 0 saturated carbocycles. The standard InChI is InChI=1S/C19H35N5O.HI/c1-15(2)23-8-4-6-16(12-23)11-21-18(20-3)24-9-5-7-19(14-24)10-17(25)22-13-19;/h15-16H,4-14H2,1-3H3,(H,20,21)(H,22,25);1H. The maximum absolute atomic E-state index is 11.7. The number of guanidine groups is 1. The number of aliphatic imine (C=N–C) groups is 1. The van der Waals surface area contributed by atoms with E-state index >= 15 is 0 Å². The first-order valence-corrected chi connectivity index (χ1v) is 9.98. The summed E-state index contributed by atoms with van der Waals surface area (Å²) in [6.07, 6.45) is 5.55. The fourth-order valence-corrected chi connectivity index (χ4v) is 4.73. The van der Waals surface area contributed by atoms with Crippen LogP contribution in [-0.2, 0) is 4.79 Å². The van der Waals surface area contributed by atoms with Gasteiger partial charge in [0, 0.05) is 57.6 Å². The van der Waals surface area contributed by atoms with Crippen LogP contribution in [0.1, 0.15) is 46.0 Å². The van der Waals surface area contributed by atoms with Crippen molar-refractivity contribution in [2.45, 2.75) is 52.0 Å². The molecule has 3 aliphatic heterocycles. The van der Waals surface area contributed by atoms with E-state index in [4.69, 9.17) is 0 Å². The highest BCUT2D eigenvalue weighted by molar-refractivity contribution is 14.0. The van der Waals surface area contributed by atoms with Crippen molar-refractivity contribution in [3.8, 4) is 0 Å². The van der Waals surface area contributed by atoms with Gasteiger partial charge in [0.15, 0.2) is 5.96 Å². The molecule has 7 heteroatoms. The van der Waals surface area contributed by atoms with E-state index in [2.05, 4.69) is 39.3 Å². The number of rotatable bonds is 3. The molecular weight excluding hydrogens is 441 g/mol. The quantitative estimate of drug-likeness (QED) is 0.371. The Morgan fingerprint density at radius 1 is 1.38 bits per heavy atom. The van der Waals surface area contributed by atoms with E-state index in [9.17, 15) is 4.79 Å². The van der Waals surface area contributed by atoms with E-state index in [0.29, 0.717) is 18.4 Å². The van der Waals surface area contributed by atoms with Gasteiger partial charge >= 0.3 is 0 Å². The molecule has 3 aliphatic rings. The molecule has 3 rings (SSSR count). The maximum Gasteiger partial charge on any atom is 0.220 e. The summed E-state index contributed by atoms with van der Waals surface area (Å²) in [4.78, 5) is 21.2. The first-order valence-electron chi connectivity index (χ1n) is 9.98. The third kappa shape index (κ3) is 5.24. The first-order chi connectivity index (χ1) is 12.0. The number of hydrogen-bond donors (Lipinski definition) is 2. The Labute approximate surface area is 175 Å². The SMILES string of the molecule is CN=C(NCC1CCCN(C(C)C)C1)N1CCCC2(CNC(=O)C2)C1.I. The monoisotopic (exact) mass is 477 g/mol. The molecule has 2 N–H and O–H groups in total. The number of nitrogens with one attached hydrogen (secondary N) is 2. The van der Waals surface area contributed by atoms with Crippen LogP contribution in [0.3, 0.4) is 0 Å². The van der Waals surface area contributed by atoms with Crippen LogP contribution in [0.5, 0.6) is 0 Å². The number of halogens is 1. The molecule has 1 spiro atoms. The topological polar surface area (TPSA) is 60.0 Å². The highest BCUT2D eigenvalue weighted by Gasteiger charge is 2.42. The van der Waals surface area contributed by atoms with Crippen molar-refractivity contribution in [3.63, 3.8) is 0 Å². The van der Waals surface area contributed by atoms with Gasteiger partial charge in [-0.05, 0) is 52.0 Å². The zero-order chi connectivity index (χ0) is 17.9. The Balaban J connectivity index is 0.00000243.